The number of aryl methyl sites for hydroxylation is 2. The van der Waals surface area contributed by atoms with Crippen molar-refractivity contribution in [3.63, 3.8) is 0 Å². The highest BCUT2D eigenvalue weighted by molar-refractivity contribution is 5.22. The third kappa shape index (κ3) is 8.88. The van der Waals surface area contributed by atoms with Crippen LogP contribution in [0.4, 0.5) is 0 Å². The number of hydrogen-bond donors (Lipinski definition) is 1. The lowest BCUT2D eigenvalue weighted by molar-refractivity contribution is 0.603. The summed E-state index contributed by atoms with van der Waals surface area (Å²) in [5, 5.41) is 3.56. The lowest BCUT2D eigenvalue weighted by Crippen LogP contribution is -2.18. The maximum Gasteiger partial charge on any atom is -0.000835 e. The van der Waals surface area contributed by atoms with Gasteiger partial charge in [0.15, 0.2) is 0 Å². The molecule has 0 atom stereocenters. The third-order valence-electron chi connectivity index (χ3n) is 4.18. The van der Waals surface area contributed by atoms with Crippen LogP contribution in [0.25, 0.3) is 0 Å². The van der Waals surface area contributed by atoms with E-state index in [2.05, 4.69) is 66.8 Å². The molecule has 1 nitrogen and oxygen atoms in total. The van der Waals surface area contributed by atoms with E-state index in [0.717, 1.165) is 25.9 Å². The highest BCUT2D eigenvalue weighted by atomic mass is 14.8. The molecule has 132 valence electrons. The second-order valence-corrected chi connectivity index (χ2v) is 5.97. The molecule has 2 aromatic rings. The Morgan fingerprint density at radius 3 is 1.92 bits per heavy atom. The Balaban J connectivity index is 0.00000139. The minimum atomic E-state index is 1.09. The molecule has 0 aliphatic rings. The molecule has 0 unspecified atom stereocenters. The predicted octanol–water partition coefficient (Wildman–Crippen LogP) is 5.82. The molecule has 0 fully saturated rings. The Kier molecular flexibility index (Phi) is 11.8. The number of unbranched alkanes of at least 4 members (excludes halogenated alkanes) is 2. The van der Waals surface area contributed by atoms with Gasteiger partial charge in [0.1, 0.15) is 0 Å². The maximum absolute atomic E-state index is 3.56. The molecular formula is C23H35N. The van der Waals surface area contributed by atoms with Gasteiger partial charge in [0.25, 0.3) is 0 Å². The van der Waals surface area contributed by atoms with Crippen LogP contribution in [-0.4, -0.2) is 13.1 Å². The van der Waals surface area contributed by atoms with Gasteiger partial charge in [0.2, 0.25) is 0 Å². The first kappa shape index (κ1) is 20.4. The molecule has 0 radical (unpaired) electrons. The molecule has 2 rings (SSSR count). The van der Waals surface area contributed by atoms with E-state index in [0.29, 0.717) is 0 Å². The monoisotopic (exact) mass is 325 g/mol. The standard InChI is InChI=1S/C21H29N.C2H6/c1-2-19-12-14-21(15-13-19)16-18-22-17-8-4-7-11-20-9-5-3-6-10-20;1-2/h3,5-6,9-10,12-15,22H,2,4,7-8,11,16-18H2,1H3;1-2H3. The highest BCUT2D eigenvalue weighted by Gasteiger charge is 1.95. The molecule has 24 heavy (non-hydrogen) atoms. The van der Waals surface area contributed by atoms with Crippen LogP contribution in [0.1, 0.15) is 56.7 Å². The van der Waals surface area contributed by atoms with Crippen molar-refractivity contribution in [2.45, 2.75) is 59.3 Å². The first-order valence-corrected chi connectivity index (χ1v) is 9.71. The number of hydrogen-bond acceptors (Lipinski definition) is 1. The Morgan fingerprint density at radius 1 is 0.625 bits per heavy atom. The van der Waals surface area contributed by atoms with Crippen LogP contribution < -0.4 is 5.32 Å². The maximum atomic E-state index is 3.56. The Morgan fingerprint density at radius 2 is 1.25 bits per heavy atom. The molecule has 0 aromatic heterocycles. The van der Waals surface area contributed by atoms with Crippen molar-refractivity contribution in [2.24, 2.45) is 0 Å². The van der Waals surface area contributed by atoms with Crippen LogP contribution in [0, 0.1) is 0 Å². The molecule has 0 amide bonds. The summed E-state index contributed by atoms with van der Waals surface area (Å²) in [5.74, 6) is 0. The smallest absolute Gasteiger partial charge is 0.000835 e. The van der Waals surface area contributed by atoms with Gasteiger partial charge >= 0.3 is 0 Å². The van der Waals surface area contributed by atoms with Crippen molar-refractivity contribution >= 4 is 0 Å². The Bertz CT molecular complexity index is 501. The fraction of sp³-hybridized carbons (Fsp3) is 0.478. The zero-order chi connectivity index (χ0) is 17.5. The van der Waals surface area contributed by atoms with E-state index in [4.69, 9.17) is 0 Å². The summed E-state index contributed by atoms with van der Waals surface area (Å²) >= 11 is 0. The van der Waals surface area contributed by atoms with Gasteiger partial charge in [-0.15, -0.1) is 0 Å². The average molecular weight is 326 g/mol. The van der Waals surface area contributed by atoms with E-state index >= 15 is 0 Å². The average Bonchev–Trinajstić information content (AvgIpc) is 2.67. The van der Waals surface area contributed by atoms with Crippen molar-refractivity contribution in [2.75, 3.05) is 13.1 Å². The second-order valence-electron chi connectivity index (χ2n) is 5.97. The lowest BCUT2D eigenvalue weighted by Gasteiger charge is -2.06. The van der Waals surface area contributed by atoms with Crippen LogP contribution in [0.15, 0.2) is 54.6 Å². The molecule has 0 aliphatic carbocycles. The zero-order valence-electron chi connectivity index (χ0n) is 15.9. The predicted molar refractivity (Wildman–Crippen MR) is 108 cm³/mol. The molecule has 2 aromatic carbocycles. The van der Waals surface area contributed by atoms with Gasteiger partial charge in [-0.3, -0.25) is 0 Å². The first-order valence-electron chi connectivity index (χ1n) is 9.71. The van der Waals surface area contributed by atoms with Gasteiger partial charge in [-0.05, 0) is 61.9 Å². The molecular weight excluding hydrogens is 290 g/mol. The molecule has 1 N–H and O–H groups in total. The van der Waals surface area contributed by atoms with Crippen molar-refractivity contribution in [1.82, 2.24) is 5.32 Å². The molecule has 0 spiro atoms. The summed E-state index contributed by atoms with van der Waals surface area (Å²) < 4.78 is 0. The number of nitrogens with one attached hydrogen (secondary N) is 1. The molecule has 1 heteroatoms. The topological polar surface area (TPSA) is 12.0 Å². The molecule has 0 bridgehead atoms. The summed E-state index contributed by atoms with van der Waals surface area (Å²) in [6.45, 7) is 8.43. The second kappa shape index (κ2) is 13.8. The van der Waals surface area contributed by atoms with Crippen LogP contribution in [0.2, 0.25) is 0 Å². The lowest BCUT2D eigenvalue weighted by atomic mass is 10.1. The summed E-state index contributed by atoms with van der Waals surface area (Å²) in [7, 11) is 0. The normalized spacial score (nSPS) is 10.1. The van der Waals surface area contributed by atoms with E-state index < -0.39 is 0 Å². The van der Waals surface area contributed by atoms with E-state index in [9.17, 15) is 0 Å². The largest absolute Gasteiger partial charge is 0.316 e. The van der Waals surface area contributed by atoms with Gasteiger partial charge in [-0.1, -0.05) is 81.8 Å². The van der Waals surface area contributed by atoms with Crippen LogP contribution in [0.5, 0.6) is 0 Å². The van der Waals surface area contributed by atoms with Crippen molar-refractivity contribution in [3.8, 4) is 0 Å². The highest BCUT2D eigenvalue weighted by Crippen LogP contribution is 2.06. The third-order valence-corrected chi connectivity index (χ3v) is 4.18. The Hall–Kier alpha value is -1.60. The van der Waals surface area contributed by atoms with E-state index in [1.807, 2.05) is 13.8 Å². The van der Waals surface area contributed by atoms with E-state index in [1.165, 1.54) is 42.4 Å². The van der Waals surface area contributed by atoms with Gasteiger partial charge < -0.3 is 5.32 Å². The van der Waals surface area contributed by atoms with Gasteiger partial charge in [0.05, 0.1) is 0 Å². The van der Waals surface area contributed by atoms with Crippen LogP contribution in [-0.2, 0) is 19.3 Å². The van der Waals surface area contributed by atoms with E-state index in [-0.39, 0.29) is 0 Å². The van der Waals surface area contributed by atoms with Crippen molar-refractivity contribution in [3.05, 3.63) is 71.3 Å². The van der Waals surface area contributed by atoms with Crippen molar-refractivity contribution in [1.29, 1.82) is 0 Å². The molecule has 0 heterocycles. The zero-order valence-corrected chi connectivity index (χ0v) is 15.9. The van der Waals surface area contributed by atoms with Gasteiger partial charge in [-0.2, -0.15) is 0 Å². The SMILES string of the molecule is CC.CCc1ccc(CCNCCCCCc2ccccc2)cc1. The summed E-state index contributed by atoms with van der Waals surface area (Å²) in [6.07, 6.45) is 7.36. The van der Waals surface area contributed by atoms with E-state index in [1.54, 1.807) is 0 Å². The Labute approximate surface area is 149 Å². The summed E-state index contributed by atoms with van der Waals surface area (Å²) in [5.41, 5.74) is 4.33. The quantitative estimate of drug-likeness (QED) is 0.543. The fourth-order valence-electron chi connectivity index (χ4n) is 2.70. The fourth-order valence-corrected chi connectivity index (χ4v) is 2.70. The van der Waals surface area contributed by atoms with Crippen molar-refractivity contribution < 1.29 is 0 Å². The molecule has 0 saturated carbocycles. The summed E-state index contributed by atoms with van der Waals surface area (Å²) in [6, 6.07) is 19.8. The van der Waals surface area contributed by atoms with Gasteiger partial charge in [-0.25, -0.2) is 0 Å². The molecule has 0 aliphatic heterocycles. The van der Waals surface area contributed by atoms with Crippen LogP contribution >= 0.6 is 0 Å². The van der Waals surface area contributed by atoms with Crippen LogP contribution in [0.3, 0.4) is 0 Å². The minimum absolute atomic E-state index is 1.09. The van der Waals surface area contributed by atoms with Gasteiger partial charge in [0, 0.05) is 0 Å². The minimum Gasteiger partial charge on any atom is -0.316 e. The number of rotatable bonds is 10. The summed E-state index contributed by atoms with van der Waals surface area (Å²) in [4.78, 5) is 0. The number of benzene rings is 2. The molecule has 0 saturated heterocycles. The first-order chi connectivity index (χ1) is 11.9.